The van der Waals surface area contributed by atoms with Crippen LogP contribution < -0.4 is 14.8 Å². The number of nitrogens with zero attached hydrogens (tertiary/aromatic N) is 2. The summed E-state index contributed by atoms with van der Waals surface area (Å²) >= 11 is 1.17. The second kappa shape index (κ2) is 6.42. The van der Waals surface area contributed by atoms with Gasteiger partial charge in [0, 0.05) is 24.4 Å². The Morgan fingerprint density at radius 3 is 2.83 bits per heavy atom. The molecule has 7 nitrogen and oxygen atoms in total. The second-order valence-corrected chi connectivity index (χ2v) is 7.84. The molecule has 0 aliphatic carbocycles. The molecule has 126 valence electrons. The molecule has 1 aromatic carbocycles. The first-order valence-electron chi connectivity index (χ1n) is 7.13. The number of anilines is 1. The van der Waals surface area contributed by atoms with Crippen LogP contribution in [0, 0.1) is 5.21 Å². The normalized spacial score (nSPS) is 13.8. The van der Waals surface area contributed by atoms with Gasteiger partial charge in [-0.2, -0.15) is 4.73 Å². The summed E-state index contributed by atoms with van der Waals surface area (Å²) in [4.78, 5) is 14.1. The molecule has 0 bridgehead atoms. The lowest BCUT2D eigenvalue weighted by molar-refractivity contribution is -0.645. The van der Waals surface area contributed by atoms with E-state index in [-0.39, 0.29) is 16.6 Å². The molecular weight excluding hydrogens is 350 g/mol. The van der Waals surface area contributed by atoms with E-state index >= 15 is 0 Å². The van der Waals surface area contributed by atoms with Crippen molar-refractivity contribution in [2.45, 2.75) is 16.3 Å². The van der Waals surface area contributed by atoms with Crippen molar-refractivity contribution < 1.29 is 17.9 Å². The van der Waals surface area contributed by atoms with Crippen molar-refractivity contribution in [2.75, 3.05) is 17.2 Å². The summed E-state index contributed by atoms with van der Waals surface area (Å²) in [5.41, 5.74) is 1.47. The Hall–Kier alpha value is -2.10. The van der Waals surface area contributed by atoms with Crippen LogP contribution in [0.15, 0.2) is 52.5 Å². The van der Waals surface area contributed by atoms with Crippen LogP contribution in [0.1, 0.15) is 5.56 Å². The first-order chi connectivity index (χ1) is 11.4. The minimum Gasteiger partial charge on any atom is -0.618 e. The third-order valence-corrected chi connectivity index (χ3v) is 5.62. The summed E-state index contributed by atoms with van der Waals surface area (Å²) in [7, 11) is -3.76. The van der Waals surface area contributed by atoms with Crippen LogP contribution in [0.2, 0.25) is 0 Å². The molecule has 2 heterocycles. The smallest absolute Gasteiger partial charge is 0.251 e. The Labute approximate surface area is 143 Å². The molecule has 0 radical (unpaired) electrons. The molecule has 9 heteroatoms. The standard InChI is InChI=1S/C15H15N3O4S2/c16-24(21,22)12-4-5-13-11(9-12)6-8-17(13)14(19)10-23-15-3-1-2-7-18(15)20/h1-5,7,9H,6,8,10H2,(H2,16,21,22). The lowest BCUT2D eigenvalue weighted by atomic mass is 10.2. The molecule has 2 aromatic rings. The number of benzene rings is 1. The predicted octanol–water partition coefficient (Wildman–Crippen LogP) is 0.649. The highest BCUT2D eigenvalue weighted by molar-refractivity contribution is 7.99. The molecule has 3 rings (SSSR count). The molecule has 1 aromatic heterocycles. The number of carbonyl (C=O) groups excluding carboxylic acids is 1. The highest BCUT2D eigenvalue weighted by Gasteiger charge is 2.26. The minimum absolute atomic E-state index is 0.0432. The minimum atomic E-state index is -3.76. The Balaban J connectivity index is 1.74. The first kappa shape index (κ1) is 16.7. The van der Waals surface area contributed by atoms with Crippen LogP contribution in [0.5, 0.6) is 0 Å². The van der Waals surface area contributed by atoms with E-state index in [0.717, 1.165) is 5.56 Å². The lowest BCUT2D eigenvalue weighted by Gasteiger charge is -2.17. The van der Waals surface area contributed by atoms with Gasteiger partial charge in [-0.05, 0) is 48.0 Å². The van der Waals surface area contributed by atoms with Crippen LogP contribution in [0.25, 0.3) is 0 Å². The maximum Gasteiger partial charge on any atom is 0.251 e. The first-order valence-corrected chi connectivity index (χ1v) is 9.66. The number of hydrogen-bond donors (Lipinski definition) is 1. The highest BCUT2D eigenvalue weighted by Crippen LogP contribution is 2.30. The number of carbonyl (C=O) groups is 1. The topological polar surface area (TPSA) is 107 Å². The zero-order valence-electron chi connectivity index (χ0n) is 12.6. The molecule has 1 aliphatic rings. The zero-order valence-corrected chi connectivity index (χ0v) is 14.2. The van der Waals surface area contributed by atoms with E-state index in [9.17, 15) is 18.4 Å². The van der Waals surface area contributed by atoms with Gasteiger partial charge in [0.1, 0.15) is 0 Å². The maximum atomic E-state index is 12.4. The summed E-state index contributed by atoms with van der Waals surface area (Å²) in [6, 6.07) is 9.52. The number of nitrogens with two attached hydrogens (primary N) is 1. The van der Waals surface area contributed by atoms with Crippen LogP contribution >= 0.6 is 11.8 Å². The fourth-order valence-corrected chi connectivity index (χ4v) is 3.91. The average molecular weight is 365 g/mol. The van der Waals surface area contributed by atoms with Gasteiger partial charge in [0.05, 0.1) is 10.6 Å². The molecule has 0 unspecified atom stereocenters. The van der Waals surface area contributed by atoms with E-state index < -0.39 is 10.0 Å². The Bertz CT molecular complexity index is 899. The zero-order chi connectivity index (χ0) is 17.3. The number of aromatic nitrogens is 1. The number of thioether (sulfide) groups is 1. The van der Waals surface area contributed by atoms with Gasteiger partial charge in [0.25, 0.3) is 5.03 Å². The van der Waals surface area contributed by atoms with Crippen molar-refractivity contribution in [2.24, 2.45) is 5.14 Å². The quantitative estimate of drug-likeness (QED) is 0.486. The molecular formula is C15H15N3O4S2. The Morgan fingerprint density at radius 2 is 2.12 bits per heavy atom. The maximum absolute atomic E-state index is 12.4. The van der Waals surface area contributed by atoms with Crippen molar-refractivity contribution in [3.63, 3.8) is 0 Å². The average Bonchev–Trinajstić information content (AvgIpc) is 2.96. The largest absolute Gasteiger partial charge is 0.618 e. The summed E-state index contributed by atoms with van der Waals surface area (Å²) in [6.07, 6.45) is 1.95. The number of pyridine rings is 1. The van der Waals surface area contributed by atoms with Crippen molar-refractivity contribution >= 4 is 33.4 Å². The molecule has 0 spiro atoms. The van der Waals surface area contributed by atoms with Gasteiger partial charge < -0.3 is 10.1 Å². The summed E-state index contributed by atoms with van der Waals surface area (Å²) in [5, 5.41) is 17.2. The molecule has 0 fully saturated rings. The summed E-state index contributed by atoms with van der Waals surface area (Å²) in [5.74, 6) is -0.00576. The molecule has 24 heavy (non-hydrogen) atoms. The van der Waals surface area contributed by atoms with Gasteiger partial charge in [-0.1, -0.05) is 0 Å². The van der Waals surface area contributed by atoms with E-state index in [0.29, 0.717) is 28.4 Å². The fraction of sp³-hybridized carbons (Fsp3) is 0.200. The van der Waals surface area contributed by atoms with E-state index in [1.807, 2.05) is 0 Å². The molecule has 0 saturated carbocycles. The monoisotopic (exact) mass is 365 g/mol. The molecule has 1 amide bonds. The van der Waals surface area contributed by atoms with Gasteiger partial charge in [-0.3, -0.25) is 4.79 Å². The number of primary sulfonamides is 1. The van der Waals surface area contributed by atoms with Crippen LogP contribution in [0.4, 0.5) is 5.69 Å². The van der Waals surface area contributed by atoms with Crippen molar-refractivity contribution in [3.05, 3.63) is 53.4 Å². The summed E-state index contributed by atoms with van der Waals surface area (Å²) < 4.78 is 23.5. The third kappa shape index (κ3) is 3.37. The third-order valence-electron chi connectivity index (χ3n) is 3.71. The molecule has 1 aliphatic heterocycles. The number of fused-ring (bicyclic) bond motifs is 1. The van der Waals surface area contributed by atoms with E-state index in [1.54, 1.807) is 29.2 Å². The molecule has 2 N–H and O–H groups in total. The van der Waals surface area contributed by atoms with Crippen LogP contribution in [-0.2, 0) is 21.2 Å². The van der Waals surface area contributed by atoms with E-state index in [1.165, 1.54) is 30.1 Å². The van der Waals surface area contributed by atoms with Gasteiger partial charge in [-0.15, -0.1) is 0 Å². The number of rotatable bonds is 4. The van der Waals surface area contributed by atoms with Gasteiger partial charge >= 0.3 is 0 Å². The number of hydrogen-bond acceptors (Lipinski definition) is 5. The van der Waals surface area contributed by atoms with Gasteiger partial charge in [0.15, 0.2) is 6.20 Å². The molecule has 0 saturated heterocycles. The number of sulfonamides is 1. The molecule has 0 atom stereocenters. The predicted molar refractivity (Wildman–Crippen MR) is 90.0 cm³/mol. The fourth-order valence-electron chi connectivity index (χ4n) is 2.55. The summed E-state index contributed by atoms with van der Waals surface area (Å²) in [6.45, 7) is 0.481. The van der Waals surface area contributed by atoms with E-state index in [2.05, 4.69) is 0 Å². The van der Waals surface area contributed by atoms with Crippen LogP contribution in [0.3, 0.4) is 0 Å². The van der Waals surface area contributed by atoms with Gasteiger partial charge in [-0.25, -0.2) is 13.6 Å². The van der Waals surface area contributed by atoms with Crippen molar-refractivity contribution in [1.82, 2.24) is 0 Å². The Morgan fingerprint density at radius 1 is 1.33 bits per heavy atom. The van der Waals surface area contributed by atoms with E-state index in [4.69, 9.17) is 5.14 Å². The number of amides is 1. The SMILES string of the molecule is NS(=O)(=O)c1ccc2c(c1)CCN2C(=O)CSc1cccc[n+]1[O-]. The Kier molecular flexibility index (Phi) is 4.48. The van der Waals surface area contributed by atoms with Gasteiger partial charge in [0.2, 0.25) is 15.9 Å². The van der Waals surface area contributed by atoms with Crippen molar-refractivity contribution in [3.8, 4) is 0 Å². The van der Waals surface area contributed by atoms with Crippen LogP contribution in [-0.4, -0.2) is 26.6 Å². The second-order valence-electron chi connectivity index (χ2n) is 5.28. The lowest BCUT2D eigenvalue weighted by Crippen LogP contribution is -2.32. The van der Waals surface area contributed by atoms with Crippen molar-refractivity contribution in [1.29, 1.82) is 0 Å². The highest BCUT2D eigenvalue weighted by atomic mass is 32.2.